The Bertz CT molecular complexity index is 1140. The minimum absolute atomic E-state index is 0.000979. The minimum Gasteiger partial charge on any atom is -0.506 e. The number of alkyl halides is 3. The lowest BCUT2D eigenvalue weighted by molar-refractivity contribution is -0.177. The largest absolute Gasteiger partial charge is 0.506 e. The molecule has 30 heavy (non-hydrogen) atoms. The van der Waals surface area contributed by atoms with Gasteiger partial charge in [-0.2, -0.15) is 13.2 Å². The molecule has 8 heteroatoms. The van der Waals surface area contributed by atoms with Gasteiger partial charge in [-0.05, 0) is 61.2 Å². The quantitative estimate of drug-likeness (QED) is 0.541. The fourth-order valence-corrected chi connectivity index (χ4v) is 4.06. The SMILES string of the molecule is O=C(O)c1cccc(-n2c(-c3ccc(Cl)c(O)c3)cc3c2CC(C(F)(F)F)CC3)c1. The van der Waals surface area contributed by atoms with E-state index in [1.54, 1.807) is 28.8 Å². The van der Waals surface area contributed by atoms with E-state index in [2.05, 4.69) is 0 Å². The predicted molar refractivity (Wildman–Crippen MR) is 106 cm³/mol. The number of fused-ring (bicyclic) bond motifs is 1. The molecule has 0 amide bonds. The molecule has 0 bridgehead atoms. The molecule has 1 atom stereocenters. The number of carboxylic acids is 1. The van der Waals surface area contributed by atoms with Gasteiger partial charge in [0.15, 0.2) is 0 Å². The standard InChI is InChI=1S/C22H17ClF3NO3/c23-17-7-5-13(10-20(17)28)18-9-12-4-6-15(22(24,25)26)11-19(12)27(18)16-3-1-2-14(8-16)21(29)30/h1-3,5,7-10,15,28H,4,6,11H2,(H,29,30). The zero-order valence-corrected chi connectivity index (χ0v) is 16.3. The van der Waals surface area contributed by atoms with Crippen LogP contribution in [0.2, 0.25) is 5.02 Å². The Morgan fingerprint density at radius 1 is 1.13 bits per heavy atom. The van der Waals surface area contributed by atoms with Crippen LogP contribution < -0.4 is 0 Å². The maximum atomic E-state index is 13.4. The van der Waals surface area contributed by atoms with Crippen molar-refractivity contribution in [2.45, 2.75) is 25.4 Å². The van der Waals surface area contributed by atoms with Crippen molar-refractivity contribution in [3.05, 3.63) is 70.4 Å². The first-order valence-corrected chi connectivity index (χ1v) is 9.66. The molecule has 0 radical (unpaired) electrons. The van der Waals surface area contributed by atoms with E-state index in [-0.39, 0.29) is 35.6 Å². The van der Waals surface area contributed by atoms with Gasteiger partial charge in [0.25, 0.3) is 0 Å². The molecule has 1 unspecified atom stereocenters. The number of rotatable bonds is 3. The molecule has 4 rings (SSSR count). The number of aryl methyl sites for hydroxylation is 1. The van der Waals surface area contributed by atoms with Gasteiger partial charge in [0, 0.05) is 16.9 Å². The highest BCUT2D eigenvalue weighted by Crippen LogP contribution is 2.41. The van der Waals surface area contributed by atoms with Gasteiger partial charge in [0.2, 0.25) is 0 Å². The molecule has 0 spiro atoms. The second-order valence-corrected chi connectivity index (χ2v) is 7.75. The molecule has 0 saturated carbocycles. The van der Waals surface area contributed by atoms with E-state index < -0.39 is 18.1 Å². The number of phenols is 1. The fourth-order valence-electron chi connectivity index (χ4n) is 3.94. The van der Waals surface area contributed by atoms with Crippen molar-refractivity contribution in [3.63, 3.8) is 0 Å². The molecule has 3 aromatic rings. The van der Waals surface area contributed by atoms with E-state index in [9.17, 15) is 28.2 Å². The van der Waals surface area contributed by atoms with Crippen molar-refractivity contribution >= 4 is 17.6 Å². The second-order valence-electron chi connectivity index (χ2n) is 7.34. The van der Waals surface area contributed by atoms with Gasteiger partial charge in [-0.15, -0.1) is 0 Å². The molecule has 1 aliphatic carbocycles. The summed E-state index contributed by atoms with van der Waals surface area (Å²) in [5, 5.41) is 19.5. The van der Waals surface area contributed by atoms with Crippen LogP contribution in [-0.2, 0) is 12.8 Å². The van der Waals surface area contributed by atoms with E-state index >= 15 is 0 Å². The number of hydrogen-bond donors (Lipinski definition) is 2. The topological polar surface area (TPSA) is 62.5 Å². The van der Waals surface area contributed by atoms with Crippen LogP contribution >= 0.6 is 11.6 Å². The number of aromatic nitrogens is 1. The van der Waals surface area contributed by atoms with E-state index in [1.165, 1.54) is 24.3 Å². The summed E-state index contributed by atoms with van der Waals surface area (Å²) in [6, 6.07) is 12.5. The van der Waals surface area contributed by atoms with E-state index in [4.69, 9.17) is 11.6 Å². The number of benzene rings is 2. The Labute approximate surface area is 175 Å². The number of hydrogen-bond acceptors (Lipinski definition) is 2. The lowest BCUT2D eigenvalue weighted by atomic mass is 9.87. The smallest absolute Gasteiger partial charge is 0.392 e. The van der Waals surface area contributed by atoms with Crippen molar-refractivity contribution in [2.24, 2.45) is 5.92 Å². The summed E-state index contributed by atoms with van der Waals surface area (Å²) in [7, 11) is 0. The Balaban J connectivity index is 1.93. The summed E-state index contributed by atoms with van der Waals surface area (Å²) in [5.74, 6) is -2.74. The highest BCUT2D eigenvalue weighted by molar-refractivity contribution is 6.32. The third kappa shape index (κ3) is 3.65. The van der Waals surface area contributed by atoms with Crippen molar-refractivity contribution < 1.29 is 28.2 Å². The first kappa shape index (κ1) is 20.3. The van der Waals surface area contributed by atoms with Crippen LogP contribution in [-0.4, -0.2) is 26.9 Å². The molecule has 1 aliphatic rings. The van der Waals surface area contributed by atoms with Crippen LogP contribution in [0.15, 0.2) is 48.5 Å². The molecule has 2 aromatic carbocycles. The first-order valence-electron chi connectivity index (χ1n) is 9.28. The van der Waals surface area contributed by atoms with Gasteiger partial charge in [0.1, 0.15) is 5.75 Å². The number of halogens is 4. The molecule has 1 aromatic heterocycles. The normalized spacial score (nSPS) is 16.3. The van der Waals surface area contributed by atoms with Gasteiger partial charge in [-0.25, -0.2) is 4.79 Å². The lowest BCUT2D eigenvalue weighted by Crippen LogP contribution is -2.29. The number of phenolic OH excluding ortho intramolecular Hbond substituents is 1. The molecule has 4 nitrogen and oxygen atoms in total. The van der Waals surface area contributed by atoms with Crippen LogP contribution in [0.4, 0.5) is 13.2 Å². The predicted octanol–water partition coefficient (Wildman–Crippen LogP) is 5.87. The van der Waals surface area contributed by atoms with E-state index in [1.807, 2.05) is 0 Å². The van der Waals surface area contributed by atoms with E-state index in [0.29, 0.717) is 22.6 Å². The highest BCUT2D eigenvalue weighted by Gasteiger charge is 2.42. The zero-order chi connectivity index (χ0) is 21.6. The van der Waals surface area contributed by atoms with Gasteiger partial charge < -0.3 is 14.8 Å². The van der Waals surface area contributed by atoms with Crippen molar-refractivity contribution in [2.75, 3.05) is 0 Å². The first-order chi connectivity index (χ1) is 14.1. The number of carbonyl (C=O) groups is 1. The Kier molecular flexibility index (Phi) is 5.02. The Hall–Kier alpha value is -2.93. The number of aromatic carboxylic acids is 1. The zero-order valence-electron chi connectivity index (χ0n) is 15.6. The molecule has 156 valence electrons. The monoisotopic (exact) mass is 435 g/mol. The van der Waals surface area contributed by atoms with Gasteiger partial charge >= 0.3 is 12.1 Å². The second kappa shape index (κ2) is 7.40. The fraction of sp³-hybridized carbons (Fsp3) is 0.227. The molecular weight excluding hydrogens is 419 g/mol. The summed E-state index contributed by atoms with van der Waals surface area (Å²) >= 11 is 5.90. The number of carboxylic acid groups (broad SMARTS) is 1. The molecule has 2 N–H and O–H groups in total. The van der Waals surface area contributed by atoms with Crippen LogP contribution in [0, 0.1) is 5.92 Å². The highest BCUT2D eigenvalue weighted by atomic mass is 35.5. The number of nitrogens with zero attached hydrogens (tertiary/aromatic N) is 1. The summed E-state index contributed by atoms with van der Waals surface area (Å²) in [5.41, 5.74) is 2.88. The molecule has 1 heterocycles. The third-order valence-electron chi connectivity index (χ3n) is 5.45. The lowest BCUT2D eigenvalue weighted by Gasteiger charge is -2.26. The van der Waals surface area contributed by atoms with Gasteiger partial charge in [0.05, 0.1) is 22.2 Å². The average molecular weight is 436 g/mol. The van der Waals surface area contributed by atoms with Gasteiger partial charge in [-0.1, -0.05) is 23.7 Å². The summed E-state index contributed by atoms with van der Waals surface area (Å²) in [4.78, 5) is 11.4. The van der Waals surface area contributed by atoms with Crippen LogP contribution in [0.1, 0.15) is 28.0 Å². The molecule has 0 saturated heterocycles. The summed E-state index contributed by atoms with van der Waals surface area (Å²) in [6.07, 6.45) is -4.25. The molecule has 0 aliphatic heterocycles. The van der Waals surface area contributed by atoms with Crippen molar-refractivity contribution in [1.29, 1.82) is 0 Å². The molecule has 0 fully saturated rings. The van der Waals surface area contributed by atoms with Crippen molar-refractivity contribution in [1.82, 2.24) is 4.57 Å². The van der Waals surface area contributed by atoms with Crippen LogP contribution in [0.5, 0.6) is 5.75 Å². The summed E-state index contributed by atoms with van der Waals surface area (Å²) in [6.45, 7) is 0. The maximum Gasteiger partial charge on any atom is 0.392 e. The average Bonchev–Trinajstić information content (AvgIpc) is 3.08. The molecular formula is C22H17ClF3NO3. The third-order valence-corrected chi connectivity index (χ3v) is 5.77. The maximum absolute atomic E-state index is 13.4. The van der Waals surface area contributed by atoms with Crippen LogP contribution in [0.3, 0.4) is 0 Å². The Morgan fingerprint density at radius 2 is 1.90 bits per heavy atom. The van der Waals surface area contributed by atoms with Gasteiger partial charge in [-0.3, -0.25) is 0 Å². The summed E-state index contributed by atoms with van der Waals surface area (Å²) < 4.78 is 42.0. The Morgan fingerprint density at radius 3 is 2.57 bits per heavy atom. The van der Waals surface area contributed by atoms with Crippen molar-refractivity contribution in [3.8, 4) is 22.7 Å². The minimum atomic E-state index is -4.31. The van der Waals surface area contributed by atoms with Crippen LogP contribution in [0.25, 0.3) is 16.9 Å². The van der Waals surface area contributed by atoms with E-state index in [0.717, 1.165) is 5.56 Å². The number of aromatic hydroxyl groups is 1.